The van der Waals surface area contributed by atoms with Crippen LogP contribution in [0.15, 0.2) is 24.3 Å². The molecule has 2 atom stereocenters. The second kappa shape index (κ2) is 5.72. The first-order valence-corrected chi connectivity index (χ1v) is 8.81. The Bertz CT molecular complexity index is 531. The molecule has 0 aromatic heterocycles. The van der Waals surface area contributed by atoms with Crippen LogP contribution in [-0.2, 0) is 10.2 Å². The number of carbonyl (C=O) groups is 1. The van der Waals surface area contributed by atoms with Crippen molar-refractivity contribution >= 4 is 5.91 Å². The van der Waals surface area contributed by atoms with Crippen molar-refractivity contribution in [2.24, 2.45) is 0 Å². The minimum Gasteiger partial charge on any atom is -0.337 e. The predicted octanol–water partition coefficient (Wildman–Crippen LogP) is 4.63. The fourth-order valence-electron chi connectivity index (χ4n) is 4.37. The first-order valence-electron chi connectivity index (χ1n) is 8.81. The number of benzene rings is 1. The van der Waals surface area contributed by atoms with E-state index in [1.165, 1.54) is 24.0 Å². The van der Waals surface area contributed by atoms with Crippen molar-refractivity contribution in [3.8, 4) is 0 Å². The summed E-state index contributed by atoms with van der Waals surface area (Å²) in [6.07, 6.45) is 5.84. The zero-order valence-corrected chi connectivity index (χ0v) is 14.4. The first-order chi connectivity index (χ1) is 10.4. The number of carbonyl (C=O) groups excluding carboxylic acids is 1. The smallest absolute Gasteiger partial charge is 0.219 e. The molecule has 2 aliphatic rings. The number of hydrogen-bond donors (Lipinski definition) is 0. The fourth-order valence-corrected chi connectivity index (χ4v) is 4.37. The summed E-state index contributed by atoms with van der Waals surface area (Å²) >= 11 is 0. The first kappa shape index (κ1) is 15.6. The summed E-state index contributed by atoms with van der Waals surface area (Å²) in [6, 6.07) is 10.3. The normalized spacial score (nSPS) is 28.0. The molecule has 2 nitrogen and oxygen atoms in total. The van der Waals surface area contributed by atoms with Crippen LogP contribution >= 0.6 is 0 Å². The second-order valence-electron chi connectivity index (χ2n) is 7.84. The molecule has 0 radical (unpaired) electrons. The number of piperidine rings is 1. The molecule has 2 saturated heterocycles. The Labute approximate surface area is 134 Å². The highest BCUT2D eigenvalue weighted by atomic mass is 16.2. The molecule has 1 aromatic carbocycles. The maximum absolute atomic E-state index is 11.8. The van der Waals surface area contributed by atoms with Gasteiger partial charge in [-0.1, -0.05) is 45.0 Å². The van der Waals surface area contributed by atoms with Gasteiger partial charge in [0.1, 0.15) is 0 Å². The SMILES string of the molecule is CCC(C)(C)c1ccc(C2CC3CCC(C2)N3C(C)=O)cc1. The van der Waals surface area contributed by atoms with Crippen LogP contribution in [0.3, 0.4) is 0 Å². The number of hydrogen-bond acceptors (Lipinski definition) is 1. The lowest BCUT2D eigenvalue weighted by Gasteiger charge is -2.38. The molecular weight excluding hydrogens is 270 g/mol. The summed E-state index contributed by atoms with van der Waals surface area (Å²) in [5.41, 5.74) is 3.16. The molecule has 1 amide bonds. The quantitative estimate of drug-likeness (QED) is 0.796. The van der Waals surface area contributed by atoms with Gasteiger partial charge in [-0.05, 0) is 54.6 Å². The summed E-state index contributed by atoms with van der Waals surface area (Å²) in [5, 5.41) is 0. The molecule has 2 heteroatoms. The van der Waals surface area contributed by atoms with Crippen molar-refractivity contribution in [3.05, 3.63) is 35.4 Å². The maximum atomic E-state index is 11.8. The van der Waals surface area contributed by atoms with Crippen molar-refractivity contribution in [2.45, 2.75) is 83.2 Å². The van der Waals surface area contributed by atoms with Gasteiger partial charge in [0.05, 0.1) is 0 Å². The van der Waals surface area contributed by atoms with E-state index in [0.717, 1.165) is 19.3 Å². The van der Waals surface area contributed by atoms with Crippen LogP contribution in [-0.4, -0.2) is 22.9 Å². The average molecular weight is 299 g/mol. The summed E-state index contributed by atoms with van der Waals surface area (Å²) in [4.78, 5) is 14.0. The van der Waals surface area contributed by atoms with Crippen LogP contribution < -0.4 is 0 Å². The molecule has 120 valence electrons. The summed E-state index contributed by atoms with van der Waals surface area (Å²) < 4.78 is 0. The van der Waals surface area contributed by atoms with Gasteiger partial charge in [0.2, 0.25) is 5.91 Å². The van der Waals surface area contributed by atoms with E-state index in [-0.39, 0.29) is 11.3 Å². The van der Waals surface area contributed by atoms with Crippen LogP contribution in [0.4, 0.5) is 0 Å². The zero-order chi connectivity index (χ0) is 15.9. The topological polar surface area (TPSA) is 20.3 Å². The third-order valence-electron chi connectivity index (χ3n) is 6.14. The van der Waals surface area contributed by atoms with Gasteiger partial charge in [-0.25, -0.2) is 0 Å². The van der Waals surface area contributed by atoms with Crippen LogP contribution in [0.2, 0.25) is 0 Å². The highest BCUT2D eigenvalue weighted by Crippen LogP contribution is 2.43. The third-order valence-corrected chi connectivity index (χ3v) is 6.14. The second-order valence-corrected chi connectivity index (χ2v) is 7.84. The molecule has 0 N–H and O–H groups in total. The van der Waals surface area contributed by atoms with Crippen LogP contribution in [0.1, 0.15) is 76.8 Å². The molecule has 22 heavy (non-hydrogen) atoms. The minimum atomic E-state index is 0.259. The van der Waals surface area contributed by atoms with Crippen molar-refractivity contribution < 1.29 is 4.79 Å². The highest BCUT2D eigenvalue weighted by Gasteiger charge is 2.42. The lowest BCUT2D eigenvalue weighted by molar-refractivity contribution is -0.133. The summed E-state index contributed by atoms with van der Waals surface area (Å²) in [6.45, 7) is 8.61. The molecule has 0 aliphatic carbocycles. The van der Waals surface area contributed by atoms with Gasteiger partial charge in [-0.2, -0.15) is 0 Å². The monoisotopic (exact) mass is 299 g/mol. The van der Waals surface area contributed by atoms with E-state index >= 15 is 0 Å². The maximum Gasteiger partial charge on any atom is 0.219 e. The Kier molecular flexibility index (Phi) is 4.05. The Hall–Kier alpha value is -1.31. The van der Waals surface area contributed by atoms with E-state index in [0.29, 0.717) is 18.0 Å². The van der Waals surface area contributed by atoms with E-state index in [1.54, 1.807) is 6.92 Å². The van der Waals surface area contributed by atoms with Crippen molar-refractivity contribution in [3.63, 3.8) is 0 Å². The van der Waals surface area contributed by atoms with Gasteiger partial charge in [0, 0.05) is 19.0 Å². The Balaban J connectivity index is 1.75. The van der Waals surface area contributed by atoms with Gasteiger partial charge < -0.3 is 4.90 Å². The van der Waals surface area contributed by atoms with Crippen LogP contribution in [0.25, 0.3) is 0 Å². The van der Waals surface area contributed by atoms with E-state index < -0.39 is 0 Å². The standard InChI is InChI=1S/C20H29NO/c1-5-20(3,4)17-8-6-15(7-9-17)16-12-18-10-11-19(13-16)21(18)14(2)22/h6-9,16,18-19H,5,10-13H2,1-4H3. The van der Waals surface area contributed by atoms with E-state index in [9.17, 15) is 4.79 Å². The number of nitrogens with zero attached hydrogens (tertiary/aromatic N) is 1. The third kappa shape index (κ3) is 2.68. The number of rotatable bonds is 3. The van der Waals surface area contributed by atoms with Gasteiger partial charge in [0.15, 0.2) is 0 Å². The zero-order valence-electron chi connectivity index (χ0n) is 14.4. The van der Waals surface area contributed by atoms with Crippen LogP contribution in [0, 0.1) is 0 Å². The molecule has 2 aliphatic heterocycles. The summed E-state index contributed by atoms with van der Waals surface area (Å²) in [5.74, 6) is 0.901. The van der Waals surface area contributed by atoms with Gasteiger partial charge in [-0.3, -0.25) is 4.79 Å². The minimum absolute atomic E-state index is 0.259. The van der Waals surface area contributed by atoms with E-state index in [2.05, 4.69) is 49.9 Å². The lowest BCUT2D eigenvalue weighted by Crippen LogP contribution is -2.44. The van der Waals surface area contributed by atoms with Crippen molar-refractivity contribution in [2.75, 3.05) is 0 Å². The molecule has 0 spiro atoms. The largest absolute Gasteiger partial charge is 0.337 e. The molecular formula is C20H29NO. The Morgan fingerprint density at radius 2 is 1.68 bits per heavy atom. The molecule has 1 aromatic rings. The number of amides is 1. The molecule has 2 fully saturated rings. The lowest BCUT2D eigenvalue weighted by atomic mass is 9.80. The Morgan fingerprint density at radius 3 is 2.14 bits per heavy atom. The molecule has 3 rings (SSSR count). The number of fused-ring (bicyclic) bond motifs is 2. The van der Waals surface area contributed by atoms with E-state index in [4.69, 9.17) is 0 Å². The average Bonchev–Trinajstić information content (AvgIpc) is 2.78. The molecule has 0 saturated carbocycles. The highest BCUT2D eigenvalue weighted by molar-refractivity contribution is 5.74. The molecule has 2 heterocycles. The van der Waals surface area contributed by atoms with Gasteiger partial charge in [-0.15, -0.1) is 0 Å². The Morgan fingerprint density at radius 1 is 1.14 bits per heavy atom. The van der Waals surface area contributed by atoms with Gasteiger partial charge in [0.25, 0.3) is 0 Å². The van der Waals surface area contributed by atoms with Crippen molar-refractivity contribution in [1.82, 2.24) is 4.90 Å². The van der Waals surface area contributed by atoms with E-state index in [1.807, 2.05) is 0 Å². The summed E-state index contributed by atoms with van der Waals surface area (Å²) in [7, 11) is 0. The fraction of sp³-hybridized carbons (Fsp3) is 0.650. The molecule has 2 bridgehead atoms. The molecule has 2 unspecified atom stereocenters. The van der Waals surface area contributed by atoms with Crippen molar-refractivity contribution in [1.29, 1.82) is 0 Å². The predicted molar refractivity (Wildman–Crippen MR) is 91.1 cm³/mol. The van der Waals surface area contributed by atoms with Crippen LogP contribution in [0.5, 0.6) is 0 Å². The van der Waals surface area contributed by atoms with Gasteiger partial charge >= 0.3 is 0 Å².